The first-order chi connectivity index (χ1) is 13.2. The molecule has 0 bridgehead atoms. The predicted molar refractivity (Wildman–Crippen MR) is 126 cm³/mol. The van der Waals surface area contributed by atoms with E-state index in [0.29, 0.717) is 12.5 Å². The Labute approximate surface area is 188 Å². The Morgan fingerprint density at radius 3 is 2.48 bits per heavy atom. The van der Waals surface area contributed by atoms with Gasteiger partial charge in [-0.25, -0.2) is 4.98 Å². The summed E-state index contributed by atoms with van der Waals surface area (Å²) < 4.78 is 5.51. The highest BCUT2D eigenvalue weighted by Crippen LogP contribution is 2.29. The van der Waals surface area contributed by atoms with Gasteiger partial charge in [-0.15, -0.1) is 36.2 Å². The van der Waals surface area contributed by atoms with Gasteiger partial charge >= 0.3 is 0 Å². The molecule has 0 saturated carbocycles. The highest BCUT2D eigenvalue weighted by molar-refractivity contribution is 7.13. The van der Waals surface area contributed by atoms with E-state index in [2.05, 4.69) is 52.7 Å². The second kappa shape index (κ2) is 11.0. The van der Waals surface area contributed by atoms with Crippen molar-refractivity contribution in [3.05, 3.63) is 71.2 Å². The molecule has 2 heterocycles. The molecule has 0 radical (unpaired) electrons. The SMILES string of the molecule is CCOc1ccc(-c2nc(CN3C[C@@H](N)[C@H](c4ccccc4)C3)cs2)cc1.Cl.Cl. The van der Waals surface area contributed by atoms with Crippen molar-refractivity contribution in [1.29, 1.82) is 0 Å². The Morgan fingerprint density at radius 2 is 1.79 bits per heavy atom. The number of nitrogens with zero attached hydrogens (tertiary/aromatic N) is 2. The third-order valence-electron chi connectivity index (χ3n) is 5.02. The number of hydrogen-bond donors (Lipinski definition) is 1. The Morgan fingerprint density at radius 1 is 1.07 bits per heavy atom. The molecule has 1 fully saturated rings. The lowest BCUT2D eigenvalue weighted by Gasteiger charge is -2.15. The summed E-state index contributed by atoms with van der Waals surface area (Å²) >= 11 is 1.69. The van der Waals surface area contributed by atoms with Crippen LogP contribution in [-0.4, -0.2) is 35.6 Å². The average Bonchev–Trinajstić information content (AvgIpc) is 3.30. The first kappa shape index (κ1) is 23.6. The van der Waals surface area contributed by atoms with E-state index in [0.717, 1.165) is 41.6 Å². The van der Waals surface area contributed by atoms with Gasteiger partial charge in [0.05, 0.1) is 12.3 Å². The smallest absolute Gasteiger partial charge is 0.123 e. The number of benzene rings is 2. The maximum atomic E-state index is 6.42. The van der Waals surface area contributed by atoms with E-state index in [1.807, 2.05) is 19.1 Å². The van der Waals surface area contributed by atoms with Crippen LogP contribution in [0.4, 0.5) is 0 Å². The van der Waals surface area contributed by atoms with Gasteiger partial charge in [0.15, 0.2) is 0 Å². The van der Waals surface area contributed by atoms with Crippen molar-refractivity contribution in [3.63, 3.8) is 0 Å². The lowest BCUT2D eigenvalue weighted by Crippen LogP contribution is -2.28. The molecular formula is C22H27Cl2N3OS. The minimum Gasteiger partial charge on any atom is -0.494 e. The molecule has 2 N–H and O–H groups in total. The Bertz CT molecular complexity index is 873. The Kier molecular flexibility index (Phi) is 8.93. The fourth-order valence-corrected chi connectivity index (χ4v) is 4.51. The standard InChI is InChI=1S/C22H25N3OS.2ClH/c1-2-26-19-10-8-17(9-11-19)22-24-18(15-27-22)12-25-13-20(21(23)14-25)16-6-4-3-5-7-16;;/h3-11,15,20-21H,2,12-14,23H2,1H3;2*1H/t20-,21+;;/m0../s1. The van der Waals surface area contributed by atoms with Gasteiger partial charge < -0.3 is 10.5 Å². The monoisotopic (exact) mass is 451 g/mol. The van der Waals surface area contributed by atoms with Crippen LogP contribution in [0.25, 0.3) is 10.6 Å². The molecule has 2 atom stereocenters. The number of halogens is 2. The largest absolute Gasteiger partial charge is 0.494 e. The van der Waals surface area contributed by atoms with E-state index in [9.17, 15) is 0 Å². The van der Waals surface area contributed by atoms with Crippen LogP contribution < -0.4 is 10.5 Å². The summed E-state index contributed by atoms with van der Waals surface area (Å²) in [5.74, 6) is 1.30. The molecule has 1 aromatic heterocycles. The van der Waals surface area contributed by atoms with E-state index in [1.54, 1.807) is 11.3 Å². The summed E-state index contributed by atoms with van der Waals surface area (Å²) in [6, 6.07) is 18.9. The van der Waals surface area contributed by atoms with Gasteiger partial charge in [-0.05, 0) is 36.8 Å². The molecular weight excluding hydrogens is 425 g/mol. The topological polar surface area (TPSA) is 51.4 Å². The number of hydrogen-bond acceptors (Lipinski definition) is 5. The summed E-state index contributed by atoms with van der Waals surface area (Å²) in [5, 5.41) is 3.21. The highest BCUT2D eigenvalue weighted by atomic mass is 35.5. The van der Waals surface area contributed by atoms with Crippen molar-refractivity contribution in [2.75, 3.05) is 19.7 Å². The molecule has 0 spiro atoms. The van der Waals surface area contributed by atoms with Gasteiger partial charge in [0, 0.05) is 42.5 Å². The number of rotatable bonds is 6. The lowest BCUT2D eigenvalue weighted by atomic mass is 9.95. The normalized spacial score (nSPS) is 18.7. The summed E-state index contributed by atoms with van der Waals surface area (Å²) in [7, 11) is 0. The van der Waals surface area contributed by atoms with E-state index in [1.165, 1.54) is 5.56 Å². The zero-order valence-corrected chi connectivity index (χ0v) is 18.8. The quantitative estimate of drug-likeness (QED) is 0.573. The van der Waals surface area contributed by atoms with Crippen LogP contribution in [0.15, 0.2) is 60.0 Å². The molecule has 1 aliphatic rings. The van der Waals surface area contributed by atoms with Gasteiger partial charge in [-0.1, -0.05) is 30.3 Å². The first-order valence-corrected chi connectivity index (χ1v) is 10.3. The van der Waals surface area contributed by atoms with Gasteiger partial charge in [0.1, 0.15) is 10.8 Å². The number of thiazole rings is 1. The van der Waals surface area contributed by atoms with Crippen molar-refractivity contribution in [2.24, 2.45) is 5.73 Å². The fraction of sp³-hybridized carbons (Fsp3) is 0.318. The third kappa shape index (κ3) is 5.71. The molecule has 1 aliphatic heterocycles. The van der Waals surface area contributed by atoms with E-state index in [4.69, 9.17) is 15.5 Å². The van der Waals surface area contributed by atoms with E-state index >= 15 is 0 Å². The fourth-order valence-electron chi connectivity index (χ4n) is 3.70. The molecule has 29 heavy (non-hydrogen) atoms. The minimum absolute atomic E-state index is 0. The second-order valence-electron chi connectivity index (χ2n) is 6.98. The van der Waals surface area contributed by atoms with Crippen LogP contribution in [0.2, 0.25) is 0 Å². The highest BCUT2D eigenvalue weighted by Gasteiger charge is 2.31. The van der Waals surface area contributed by atoms with Gasteiger partial charge in [-0.2, -0.15) is 0 Å². The summed E-state index contributed by atoms with van der Waals surface area (Å²) in [6.07, 6.45) is 0. The molecule has 4 nitrogen and oxygen atoms in total. The Balaban J connectivity index is 0.00000150. The maximum Gasteiger partial charge on any atom is 0.123 e. The molecule has 3 aromatic rings. The molecule has 7 heteroatoms. The maximum absolute atomic E-state index is 6.42. The second-order valence-corrected chi connectivity index (χ2v) is 7.83. The number of likely N-dealkylation sites (tertiary alicyclic amines) is 1. The summed E-state index contributed by atoms with van der Waals surface area (Å²) in [6.45, 7) is 5.43. The van der Waals surface area contributed by atoms with Gasteiger partial charge in [-0.3, -0.25) is 4.90 Å². The molecule has 1 saturated heterocycles. The van der Waals surface area contributed by atoms with Crippen molar-refractivity contribution in [1.82, 2.24) is 9.88 Å². The molecule has 0 amide bonds. The summed E-state index contributed by atoms with van der Waals surface area (Å²) in [4.78, 5) is 7.25. The van der Waals surface area contributed by atoms with Gasteiger partial charge in [0.2, 0.25) is 0 Å². The molecule has 4 rings (SSSR count). The van der Waals surface area contributed by atoms with Crippen LogP contribution in [0.3, 0.4) is 0 Å². The molecule has 156 valence electrons. The average molecular weight is 452 g/mol. The van der Waals surface area contributed by atoms with Crippen LogP contribution >= 0.6 is 36.2 Å². The van der Waals surface area contributed by atoms with Crippen molar-refractivity contribution in [2.45, 2.75) is 25.4 Å². The van der Waals surface area contributed by atoms with Crippen LogP contribution in [0, 0.1) is 0 Å². The number of ether oxygens (including phenoxy) is 1. The third-order valence-corrected chi connectivity index (χ3v) is 5.96. The van der Waals surface area contributed by atoms with Crippen molar-refractivity contribution in [3.8, 4) is 16.3 Å². The zero-order chi connectivity index (χ0) is 18.6. The number of aromatic nitrogens is 1. The predicted octanol–water partition coefficient (Wildman–Crippen LogP) is 4.98. The summed E-state index contributed by atoms with van der Waals surface area (Å²) in [5.41, 5.74) is 10.0. The molecule has 0 aliphatic carbocycles. The zero-order valence-electron chi connectivity index (χ0n) is 16.4. The van der Waals surface area contributed by atoms with Crippen LogP contribution in [0.1, 0.15) is 24.1 Å². The van der Waals surface area contributed by atoms with Crippen LogP contribution in [0.5, 0.6) is 5.75 Å². The van der Waals surface area contributed by atoms with Crippen molar-refractivity contribution < 1.29 is 4.74 Å². The van der Waals surface area contributed by atoms with Crippen LogP contribution in [-0.2, 0) is 6.54 Å². The van der Waals surface area contributed by atoms with E-state index < -0.39 is 0 Å². The lowest BCUT2D eigenvalue weighted by molar-refractivity contribution is 0.320. The molecule has 2 aromatic carbocycles. The van der Waals surface area contributed by atoms with Crippen molar-refractivity contribution >= 4 is 36.2 Å². The molecule has 0 unspecified atom stereocenters. The first-order valence-electron chi connectivity index (χ1n) is 9.43. The Hall–Kier alpha value is -1.63. The van der Waals surface area contributed by atoms with Gasteiger partial charge in [0.25, 0.3) is 0 Å². The number of nitrogens with two attached hydrogens (primary N) is 1. The minimum atomic E-state index is 0. The van der Waals surface area contributed by atoms with E-state index in [-0.39, 0.29) is 30.9 Å².